The Kier molecular flexibility index (Phi) is 4.48. The van der Waals surface area contributed by atoms with E-state index in [-0.39, 0.29) is 11.2 Å². The molecule has 0 radical (unpaired) electrons. The molecule has 0 amide bonds. The molecule has 0 spiro atoms. The van der Waals surface area contributed by atoms with Crippen LogP contribution in [0, 0.1) is 5.82 Å². The van der Waals surface area contributed by atoms with Gasteiger partial charge in [0.15, 0.2) is 0 Å². The van der Waals surface area contributed by atoms with Crippen molar-refractivity contribution in [2.45, 2.75) is 32.7 Å². The maximum absolute atomic E-state index is 13.4. The molecule has 0 heterocycles. The minimum Gasteiger partial charge on any atom is -0.381 e. The zero-order valence-corrected chi connectivity index (χ0v) is 13.6. The van der Waals surface area contributed by atoms with Gasteiger partial charge in [-0.2, -0.15) is 0 Å². The standard InChI is InChI=1S/C17H19BrFN/c1-17(2,3)13-7-9-14(10-8-13)20-11-12-5-4-6-15(19)16(12)18/h4-10,20H,11H2,1-3H3. The molecule has 1 nitrogen and oxygen atoms in total. The van der Waals surface area contributed by atoms with Crippen LogP contribution in [0.2, 0.25) is 0 Å². The predicted molar refractivity (Wildman–Crippen MR) is 86.6 cm³/mol. The molecule has 0 saturated carbocycles. The first-order valence-corrected chi connectivity index (χ1v) is 7.44. The van der Waals surface area contributed by atoms with Crippen molar-refractivity contribution in [2.75, 3.05) is 5.32 Å². The second-order valence-electron chi connectivity index (χ2n) is 5.89. The van der Waals surface area contributed by atoms with Crippen LogP contribution in [0.4, 0.5) is 10.1 Å². The van der Waals surface area contributed by atoms with Gasteiger partial charge in [0.1, 0.15) is 5.82 Å². The SMILES string of the molecule is CC(C)(C)c1ccc(NCc2cccc(F)c2Br)cc1. The molecule has 2 aromatic rings. The predicted octanol–water partition coefficient (Wildman–Crippen LogP) is 5.50. The minimum atomic E-state index is -0.229. The van der Waals surface area contributed by atoms with Crippen LogP contribution in [0.1, 0.15) is 31.9 Å². The summed E-state index contributed by atoms with van der Waals surface area (Å²) in [5.74, 6) is -0.229. The molecular weight excluding hydrogens is 317 g/mol. The van der Waals surface area contributed by atoms with Gasteiger partial charge < -0.3 is 5.32 Å². The van der Waals surface area contributed by atoms with Gasteiger partial charge in [0.2, 0.25) is 0 Å². The van der Waals surface area contributed by atoms with E-state index in [0.29, 0.717) is 11.0 Å². The highest BCUT2D eigenvalue weighted by atomic mass is 79.9. The third-order valence-electron chi connectivity index (χ3n) is 3.27. The van der Waals surface area contributed by atoms with E-state index in [0.717, 1.165) is 11.3 Å². The average molecular weight is 336 g/mol. The maximum atomic E-state index is 13.4. The molecule has 0 aromatic heterocycles. The Hall–Kier alpha value is -1.35. The second kappa shape index (κ2) is 5.96. The summed E-state index contributed by atoms with van der Waals surface area (Å²) in [4.78, 5) is 0. The zero-order valence-electron chi connectivity index (χ0n) is 12.0. The molecule has 3 heteroatoms. The first-order chi connectivity index (χ1) is 9.38. The quantitative estimate of drug-likeness (QED) is 0.781. The van der Waals surface area contributed by atoms with Gasteiger partial charge in [0, 0.05) is 12.2 Å². The fourth-order valence-electron chi connectivity index (χ4n) is 1.97. The summed E-state index contributed by atoms with van der Waals surface area (Å²) < 4.78 is 13.9. The molecule has 1 N–H and O–H groups in total. The van der Waals surface area contributed by atoms with Crippen LogP contribution in [0.25, 0.3) is 0 Å². The monoisotopic (exact) mass is 335 g/mol. The Balaban J connectivity index is 2.06. The molecular formula is C17H19BrFN. The topological polar surface area (TPSA) is 12.0 Å². The van der Waals surface area contributed by atoms with Crippen molar-refractivity contribution in [3.05, 3.63) is 63.9 Å². The molecule has 20 heavy (non-hydrogen) atoms. The van der Waals surface area contributed by atoms with E-state index in [1.807, 2.05) is 6.07 Å². The number of hydrogen-bond donors (Lipinski definition) is 1. The Morgan fingerprint density at radius 2 is 1.70 bits per heavy atom. The Morgan fingerprint density at radius 3 is 2.30 bits per heavy atom. The van der Waals surface area contributed by atoms with Gasteiger partial charge in [-0.3, -0.25) is 0 Å². The van der Waals surface area contributed by atoms with Crippen LogP contribution in [0.15, 0.2) is 46.9 Å². The van der Waals surface area contributed by atoms with Crippen LogP contribution in [0.3, 0.4) is 0 Å². The van der Waals surface area contributed by atoms with Crippen molar-refractivity contribution >= 4 is 21.6 Å². The van der Waals surface area contributed by atoms with Crippen molar-refractivity contribution in [2.24, 2.45) is 0 Å². The molecule has 2 rings (SSSR count). The first-order valence-electron chi connectivity index (χ1n) is 6.65. The van der Waals surface area contributed by atoms with E-state index in [2.05, 4.69) is 66.3 Å². The lowest BCUT2D eigenvalue weighted by atomic mass is 9.87. The van der Waals surface area contributed by atoms with E-state index in [4.69, 9.17) is 0 Å². The molecule has 0 bridgehead atoms. The molecule has 0 fully saturated rings. The van der Waals surface area contributed by atoms with Crippen molar-refractivity contribution < 1.29 is 4.39 Å². The van der Waals surface area contributed by atoms with Gasteiger partial charge in [-0.05, 0) is 50.7 Å². The van der Waals surface area contributed by atoms with E-state index < -0.39 is 0 Å². The summed E-state index contributed by atoms with van der Waals surface area (Å²) in [7, 11) is 0. The first kappa shape index (κ1) is 15.0. The normalized spacial score (nSPS) is 11.4. The highest BCUT2D eigenvalue weighted by molar-refractivity contribution is 9.10. The second-order valence-corrected chi connectivity index (χ2v) is 6.69. The summed E-state index contributed by atoms with van der Waals surface area (Å²) >= 11 is 3.28. The molecule has 0 atom stereocenters. The summed E-state index contributed by atoms with van der Waals surface area (Å²) in [5, 5.41) is 3.31. The summed E-state index contributed by atoms with van der Waals surface area (Å²) in [6.45, 7) is 7.17. The van der Waals surface area contributed by atoms with Gasteiger partial charge >= 0.3 is 0 Å². The van der Waals surface area contributed by atoms with Gasteiger partial charge in [0.25, 0.3) is 0 Å². The number of nitrogens with one attached hydrogen (secondary N) is 1. The van der Waals surface area contributed by atoms with Crippen LogP contribution in [0.5, 0.6) is 0 Å². The lowest BCUT2D eigenvalue weighted by molar-refractivity contribution is 0.590. The largest absolute Gasteiger partial charge is 0.381 e. The van der Waals surface area contributed by atoms with Crippen LogP contribution in [-0.2, 0) is 12.0 Å². The van der Waals surface area contributed by atoms with Gasteiger partial charge in [-0.1, -0.05) is 45.0 Å². The highest BCUT2D eigenvalue weighted by Gasteiger charge is 2.12. The number of hydrogen-bond acceptors (Lipinski definition) is 1. The Morgan fingerprint density at radius 1 is 1.05 bits per heavy atom. The number of rotatable bonds is 3. The van der Waals surface area contributed by atoms with Crippen molar-refractivity contribution in [3.63, 3.8) is 0 Å². The maximum Gasteiger partial charge on any atom is 0.137 e. The smallest absolute Gasteiger partial charge is 0.137 e. The van der Waals surface area contributed by atoms with Crippen molar-refractivity contribution in [1.29, 1.82) is 0 Å². The molecule has 2 aromatic carbocycles. The summed E-state index contributed by atoms with van der Waals surface area (Å²) in [6, 6.07) is 13.5. The Bertz CT molecular complexity index is 585. The Labute approximate surface area is 128 Å². The molecule has 106 valence electrons. The zero-order chi connectivity index (χ0) is 14.8. The van der Waals surface area contributed by atoms with Crippen molar-refractivity contribution in [1.82, 2.24) is 0 Å². The summed E-state index contributed by atoms with van der Waals surface area (Å²) in [5.41, 5.74) is 3.40. The molecule has 0 unspecified atom stereocenters. The van der Waals surface area contributed by atoms with Gasteiger partial charge in [-0.25, -0.2) is 4.39 Å². The third kappa shape index (κ3) is 3.60. The van der Waals surface area contributed by atoms with E-state index in [1.165, 1.54) is 11.6 Å². The summed E-state index contributed by atoms with van der Waals surface area (Å²) in [6.07, 6.45) is 0. The fourth-order valence-corrected chi connectivity index (χ4v) is 2.37. The van der Waals surface area contributed by atoms with Crippen LogP contribution >= 0.6 is 15.9 Å². The minimum absolute atomic E-state index is 0.157. The van der Waals surface area contributed by atoms with E-state index >= 15 is 0 Å². The molecule has 0 aliphatic rings. The molecule has 0 aliphatic heterocycles. The van der Waals surface area contributed by atoms with E-state index in [9.17, 15) is 4.39 Å². The fraction of sp³-hybridized carbons (Fsp3) is 0.294. The number of anilines is 1. The van der Waals surface area contributed by atoms with Gasteiger partial charge in [-0.15, -0.1) is 0 Å². The number of benzene rings is 2. The van der Waals surface area contributed by atoms with Gasteiger partial charge in [0.05, 0.1) is 4.47 Å². The average Bonchev–Trinajstić information content (AvgIpc) is 2.40. The van der Waals surface area contributed by atoms with Crippen LogP contribution < -0.4 is 5.32 Å². The third-order valence-corrected chi connectivity index (χ3v) is 4.15. The van der Waals surface area contributed by atoms with Crippen LogP contribution in [-0.4, -0.2) is 0 Å². The lowest BCUT2D eigenvalue weighted by Crippen LogP contribution is -2.10. The van der Waals surface area contributed by atoms with Crippen molar-refractivity contribution in [3.8, 4) is 0 Å². The highest BCUT2D eigenvalue weighted by Crippen LogP contribution is 2.25. The number of halogens is 2. The van der Waals surface area contributed by atoms with E-state index in [1.54, 1.807) is 6.07 Å². The molecule has 0 aliphatic carbocycles. The lowest BCUT2D eigenvalue weighted by Gasteiger charge is -2.19. The molecule has 0 saturated heterocycles.